The van der Waals surface area contributed by atoms with Gasteiger partial charge in [0.25, 0.3) is 0 Å². The number of aliphatic hydroxyl groups excluding tert-OH is 2. The molecule has 1 aromatic carbocycles. The van der Waals surface area contributed by atoms with Crippen molar-refractivity contribution in [1.29, 1.82) is 0 Å². The van der Waals surface area contributed by atoms with E-state index in [0.717, 1.165) is 12.8 Å². The molecule has 2 rings (SSSR count). The van der Waals surface area contributed by atoms with Gasteiger partial charge in [0.15, 0.2) is 0 Å². The van der Waals surface area contributed by atoms with Crippen LogP contribution in [0, 0.1) is 5.82 Å². The Labute approximate surface area is 126 Å². The van der Waals surface area contributed by atoms with E-state index < -0.39 is 12.2 Å². The maximum absolute atomic E-state index is 13.3. The summed E-state index contributed by atoms with van der Waals surface area (Å²) in [6.07, 6.45) is 4.76. The zero-order valence-electron chi connectivity index (χ0n) is 12.7. The summed E-state index contributed by atoms with van der Waals surface area (Å²) >= 11 is 0. The zero-order chi connectivity index (χ0) is 15.2. The average Bonchev–Trinajstić information content (AvgIpc) is 2.47. The zero-order valence-corrected chi connectivity index (χ0v) is 12.7. The molecule has 0 amide bonds. The standard InChI is InChI=1S/C17H26FNO2/c1-13(20)11-19(16-8-3-2-4-9-16)12-17(21)14-6-5-7-15(18)10-14/h5-7,10,13,16-17,20-21H,2-4,8-9,11-12H2,1H3. The van der Waals surface area contributed by atoms with Gasteiger partial charge in [-0.05, 0) is 37.5 Å². The van der Waals surface area contributed by atoms with Gasteiger partial charge < -0.3 is 10.2 Å². The second-order valence-corrected chi connectivity index (χ2v) is 6.17. The van der Waals surface area contributed by atoms with Gasteiger partial charge in [-0.15, -0.1) is 0 Å². The van der Waals surface area contributed by atoms with Gasteiger partial charge >= 0.3 is 0 Å². The molecule has 1 aliphatic carbocycles. The van der Waals surface area contributed by atoms with Crippen molar-refractivity contribution >= 4 is 0 Å². The molecule has 0 radical (unpaired) electrons. The number of rotatable bonds is 6. The molecule has 0 saturated heterocycles. The molecule has 118 valence electrons. The maximum Gasteiger partial charge on any atom is 0.123 e. The quantitative estimate of drug-likeness (QED) is 0.848. The average molecular weight is 295 g/mol. The molecule has 2 N–H and O–H groups in total. The van der Waals surface area contributed by atoms with Crippen molar-refractivity contribution < 1.29 is 14.6 Å². The molecule has 21 heavy (non-hydrogen) atoms. The van der Waals surface area contributed by atoms with Crippen LogP contribution in [-0.2, 0) is 0 Å². The predicted molar refractivity (Wildman–Crippen MR) is 81.5 cm³/mol. The Kier molecular flexibility index (Phi) is 6.15. The van der Waals surface area contributed by atoms with E-state index in [2.05, 4.69) is 4.90 Å². The first-order valence-corrected chi connectivity index (χ1v) is 7.92. The first-order chi connectivity index (χ1) is 10.1. The highest BCUT2D eigenvalue weighted by molar-refractivity contribution is 5.19. The normalized spacial score (nSPS) is 19.7. The maximum atomic E-state index is 13.3. The molecule has 2 atom stereocenters. The molecule has 0 spiro atoms. The molecule has 1 aromatic rings. The van der Waals surface area contributed by atoms with E-state index in [0.29, 0.717) is 24.7 Å². The van der Waals surface area contributed by atoms with Crippen molar-refractivity contribution in [2.24, 2.45) is 0 Å². The van der Waals surface area contributed by atoms with E-state index in [4.69, 9.17) is 0 Å². The summed E-state index contributed by atoms with van der Waals surface area (Å²) in [7, 11) is 0. The lowest BCUT2D eigenvalue weighted by molar-refractivity contribution is 0.0391. The van der Waals surface area contributed by atoms with Crippen LogP contribution in [0.2, 0.25) is 0 Å². The van der Waals surface area contributed by atoms with Gasteiger partial charge in [0.2, 0.25) is 0 Å². The first-order valence-electron chi connectivity index (χ1n) is 7.92. The number of benzene rings is 1. The van der Waals surface area contributed by atoms with Gasteiger partial charge in [0, 0.05) is 19.1 Å². The smallest absolute Gasteiger partial charge is 0.123 e. The third-order valence-electron chi connectivity index (χ3n) is 4.23. The van der Waals surface area contributed by atoms with Gasteiger partial charge in [-0.1, -0.05) is 31.4 Å². The van der Waals surface area contributed by atoms with Crippen LogP contribution in [0.5, 0.6) is 0 Å². The Morgan fingerprint density at radius 2 is 1.90 bits per heavy atom. The summed E-state index contributed by atoms with van der Waals surface area (Å²) in [5.74, 6) is -0.328. The number of hydrogen-bond acceptors (Lipinski definition) is 3. The van der Waals surface area contributed by atoms with Crippen molar-refractivity contribution in [3.05, 3.63) is 35.6 Å². The molecular weight excluding hydrogens is 269 g/mol. The van der Waals surface area contributed by atoms with Crippen LogP contribution in [0.25, 0.3) is 0 Å². The lowest BCUT2D eigenvalue weighted by atomic mass is 9.93. The van der Waals surface area contributed by atoms with Crippen LogP contribution in [0.4, 0.5) is 4.39 Å². The SMILES string of the molecule is CC(O)CN(CC(O)c1cccc(F)c1)C1CCCCC1. The van der Waals surface area contributed by atoms with Crippen molar-refractivity contribution in [3.8, 4) is 0 Å². The fourth-order valence-corrected chi connectivity index (χ4v) is 3.20. The lowest BCUT2D eigenvalue weighted by Crippen LogP contribution is -2.43. The van der Waals surface area contributed by atoms with E-state index in [1.807, 2.05) is 0 Å². The second-order valence-electron chi connectivity index (χ2n) is 6.17. The predicted octanol–water partition coefficient (Wildman–Crippen LogP) is 2.87. The van der Waals surface area contributed by atoms with Gasteiger partial charge in [-0.2, -0.15) is 0 Å². The fraction of sp³-hybridized carbons (Fsp3) is 0.647. The van der Waals surface area contributed by atoms with Crippen molar-refractivity contribution in [2.75, 3.05) is 13.1 Å². The summed E-state index contributed by atoms with van der Waals surface area (Å²) in [5.41, 5.74) is 0.599. The van der Waals surface area contributed by atoms with Crippen LogP contribution >= 0.6 is 0 Å². The van der Waals surface area contributed by atoms with Crippen LogP contribution in [0.15, 0.2) is 24.3 Å². The number of aliphatic hydroxyl groups is 2. The molecule has 0 heterocycles. The number of halogens is 1. The molecule has 1 fully saturated rings. The lowest BCUT2D eigenvalue weighted by Gasteiger charge is -2.36. The monoisotopic (exact) mass is 295 g/mol. The molecular formula is C17H26FNO2. The summed E-state index contributed by atoms with van der Waals surface area (Å²) in [6.45, 7) is 2.76. The van der Waals surface area contributed by atoms with Crippen LogP contribution in [0.1, 0.15) is 50.7 Å². The summed E-state index contributed by atoms with van der Waals surface area (Å²) in [5, 5.41) is 20.1. The highest BCUT2D eigenvalue weighted by Crippen LogP contribution is 2.25. The molecule has 1 saturated carbocycles. The summed E-state index contributed by atoms with van der Waals surface area (Å²) < 4.78 is 13.3. The first kappa shape index (κ1) is 16.4. The largest absolute Gasteiger partial charge is 0.392 e. The third kappa shape index (κ3) is 5.06. The second kappa shape index (κ2) is 7.87. The van der Waals surface area contributed by atoms with Crippen molar-refractivity contribution in [2.45, 2.75) is 57.3 Å². The van der Waals surface area contributed by atoms with E-state index in [9.17, 15) is 14.6 Å². The summed E-state index contributed by atoms with van der Waals surface area (Å²) in [6, 6.07) is 6.54. The van der Waals surface area contributed by atoms with Gasteiger partial charge in [-0.3, -0.25) is 4.90 Å². The minimum atomic E-state index is -0.721. The highest BCUT2D eigenvalue weighted by atomic mass is 19.1. The Bertz CT molecular complexity index is 433. The van der Waals surface area contributed by atoms with Gasteiger partial charge in [0.1, 0.15) is 5.82 Å². The minimum absolute atomic E-state index is 0.328. The fourth-order valence-electron chi connectivity index (χ4n) is 3.20. The van der Waals surface area contributed by atoms with Crippen molar-refractivity contribution in [3.63, 3.8) is 0 Å². The Morgan fingerprint density at radius 3 is 2.52 bits per heavy atom. The van der Waals surface area contributed by atoms with Gasteiger partial charge in [0.05, 0.1) is 12.2 Å². The molecule has 1 aliphatic rings. The Balaban J connectivity index is 2.02. The molecule has 0 bridgehead atoms. The van der Waals surface area contributed by atoms with E-state index >= 15 is 0 Å². The molecule has 0 aliphatic heterocycles. The van der Waals surface area contributed by atoms with Crippen LogP contribution < -0.4 is 0 Å². The highest BCUT2D eigenvalue weighted by Gasteiger charge is 2.24. The number of hydrogen-bond donors (Lipinski definition) is 2. The van der Waals surface area contributed by atoms with Crippen LogP contribution in [0.3, 0.4) is 0 Å². The van der Waals surface area contributed by atoms with E-state index in [-0.39, 0.29) is 5.82 Å². The molecule has 3 nitrogen and oxygen atoms in total. The van der Waals surface area contributed by atoms with Crippen LogP contribution in [-0.4, -0.2) is 40.3 Å². The molecule has 2 unspecified atom stereocenters. The number of nitrogens with zero attached hydrogens (tertiary/aromatic N) is 1. The van der Waals surface area contributed by atoms with Gasteiger partial charge in [-0.25, -0.2) is 4.39 Å². The van der Waals surface area contributed by atoms with E-state index in [1.54, 1.807) is 19.1 Å². The Morgan fingerprint density at radius 1 is 1.19 bits per heavy atom. The third-order valence-corrected chi connectivity index (χ3v) is 4.23. The topological polar surface area (TPSA) is 43.7 Å². The Hall–Kier alpha value is -0.970. The molecule has 4 heteroatoms. The minimum Gasteiger partial charge on any atom is -0.392 e. The molecule has 0 aromatic heterocycles. The van der Waals surface area contributed by atoms with E-state index in [1.165, 1.54) is 31.4 Å². The van der Waals surface area contributed by atoms with Crippen molar-refractivity contribution in [1.82, 2.24) is 4.90 Å². The summed E-state index contributed by atoms with van der Waals surface area (Å²) in [4.78, 5) is 2.17.